The van der Waals surface area contributed by atoms with Gasteiger partial charge in [0.15, 0.2) is 0 Å². The van der Waals surface area contributed by atoms with Gasteiger partial charge in [-0.1, -0.05) is 30.3 Å². The van der Waals surface area contributed by atoms with Crippen LogP contribution >= 0.6 is 12.4 Å². The van der Waals surface area contributed by atoms with Crippen LogP contribution in [0.1, 0.15) is 22.3 Å². The highest BCUT2D eigenvalue weighted by Gasteiger charge is 2.30. The van der Waals surface area contributed by atoms with E-state index in [1.807, 2.05) is 0 Å². The van der Waals surface area contributed by atoms with E-state index in [1.54, 1.807) is 24.3 Å². The van der Waals surface area contributed by atoms with Crippen molar-refractivity contribution in [2.45, 2.75) is 12.6 Å². The summed E-state index contributed by atoms with van der Waals surface area (Å²) in [4.78, 5) is 15.0. The summed E-state index contributed by atoms with van der Waals surface area (Å²) in [6, 6.07) is 11.8. The molecule has 1 saturated heterocycles. The summed E-state index contributed by atoms with van der Waals surface area (Å²) in [5, 5.41) is 6.23. The molecule has 2 N–H and O–H groups in total. The van der Waals surface area contributed by atoms with E-state index in [0.717, 1.165) is 51.3 Å². The molecule has 0 radical (unpaired) electrons. The van der Waals surface area contributed by atoms with Crippen molar-refractivity contribution in [2.24, 2.45) is 0 Å². The number of halogens is 4. The Bertz CT molecular complexity index is 791. The first kappa shape index (κ1) is 23.2. The number of carbonyl (C=O) groups excluding carboxylic acids is 1. The zero-order valence-electron chi connectivity index (χ0n) is 16.0. The van der Waals surface area contributed by atoms with Gasteiger partial charge in [-0.2, -0.15) is 13.2 Å². The third-order valence-electron chi connectivity index (χ3n) is 4.84. The van der Waals surface area contributed by atoms with Gasteiger partial charge in [0.05, 0.1) is 5.56 Å². The van der Waals surface area contributed by atoms with Gasteiger partial charge in [-0.3, -0.25) is 4.79 Å². The van der Waals surface area contributed by atoms with Crippen LogP contribution in [0.25, 0.3) is 11.1 Å². The monoisotopic (exact) mass is 427 g/mol. The summed E-state index contributed by atoms with van der Waals surface area (Å²) in [7, 11) is 0. The van der Waals surface area contributed by atoms with E-state index in [0.29, 0.717) is 23.2 Å². The molecule has 1 amide bonds. The van der Waals surface area contributed by atoms with Crippen molar-refractivity contribution in [1.82, 2.24) is 15.5 Å². The van der Waals surface area contributed by atoms with Crippen LogP contribution < -0.4 is 10.6 Å². The van der Waals surface area contributed by atoms with Crippen LogP contribution in [-0.2, 0) is 6.18 Å². The van der Waals surface area contributed by atoms with E-state index in [9.17, 15) is 18.0 Å². The maximum absolute atomic E-state index is 12.8. The molecule has 0 atom stereocenters. The van der Waals surface area contributed by atoms with Crippen molar-refractivity contribution in [3.05, 3.63) is 59.7 Å². The molecule has 158 valence electrons. The first-order chi connectivity index (χ1) is 13.4. The summed E-state index contributed by atoms with van der Waals surface area (Å²) < 4.78 is 38.3. The largest absolute Gasteiger partial charge is 0.416 e. The minimum absolute atomic E-state index is 0. The molecule has 3 rings (SSSR count). The predicted molar refractivity (Wildman–Crippen MR) is 110 cm³/mol. The molecular weight excluding hydrogens is 403 g/mol. The lowest BCUT2D eigenvalue weighted by Crippen LogP contribution is -2.44. The Labute approximate surface area is 174 Å². The van der Waals surface area contributed by atoms with E-state index in [2.05, 4.69) is 15.5 Å². The fraction of sp³-hybridized carbons (Fsp3) is 0.381. The fourth-order valence-electron chi connectivity index (χ4n) is 3.31. The van der Waals surface area contributed by atoms with E-state index >= 15 is 0 Å². The molecule has 1 fully saturated rings. The van der Waals surface area contributed by atoms with Crippen LogP contribution in [0.3, 0.4) is 0 Å². The SMILES string of the molecule is Cl.O=C(NCCCN1CCNCC1)c1ccccc1-c1ccc(C(F)(F)F)cc1. The Morgan fingerprint density at radius 2 is 1.69 bits per heavy atom. The summed E-state index contributed by atoms with van der Waals surface area (Å²) in [6.07, 6.45) is -3.52. The average molecular weight is 428 g/mol. The van der Waals surface area contributed by atoms with Crippen LogP contribution in [0.4, 0.5) is 13.2 Å². The highest BCUT2D eigenvalue weighted by Crippen LogP contribution is 2.31. The van der Waals surface area contributed by atoms with E-state index in [-0.39, 0.29) is 18.3 Å². The molecule has 2 aromatic carbocycles. The van der Waals surface area contributed by atoms with Gasteiger partial charge in [0.25, 0.3) is 5.91 Å². The number of piperazine rings is 1. The molecule has 4 nitrogen and oxygen atoms in total. The summed E-state index contributed by atoms with van der Waals surface area (Å²) in [5.74, 6) is -0.212. The zero-order chi connectivity index (χ0) is 20.0. The van der Waals surface area contributed by atoms with Gasteiger partial charge in [0.1, 0.15) is 0 Å². The number of hydrogen-bond acceptors (Lipinski definition) is 3. The molecule has 1 heterocycles. The van der Waals surface area contributed by atoms with Gasteiger partial charge in [-0.05, 0) is 42.3 Å². The number of nitrogens with one attached hydrogen (secondary N) is 2. The highest BCUT2D eigenvalue weighted by molar-refractivity contribution is 6.00. The molecule has 0 aliphatic carbocycles. The molecule has 1 aliphatic heterocycles. The van der Waals surface area contributed by atoms with Gasteiger partial charge in [0.2, 0.25) is 0 Å². The van der Waals surface area contributed by atoms with Crippen LogP contribution in [0.2, 0.25) is 0 Å². The van der Waals surface area contributed by atoms with Crippen LogP contribution in [-0.4, -0.2) is 50.1 Å². The zero-order valence-corrected chi connectivity index (χ0v) is 16.8. The second-order valence-electron chi connectivity index (χ2n) is 6.82. The van der Waals surface area contributed by atoms with Gasteiger partial charge >= 0.3 is 6.18 Å². The molecule has 8 heteroatoms. The topological polar surface area (TPSA) is 44.4 Å². The lowest BCUT2D eigenvalue weighted by molar-refractivity contribution is -0.137. The van der Waals surface area contributed by atoms with Gasteiger partial charge < -0.3 is 15.5 Å². The van der Waals surface area contributed by atoms with E-state index in [1.165, 1.54) is 12.1 Å². The predicted octanol–water partition coefficient (Wildman–Crippen LogP) is 3.82. The summed E-state index contributed by atoms with van der Waals surface area (Å²) in [5.41, 5.74) is 0.964. The number of alkyl halides is 3. The minimum atomic E-state index is -4.38. The maximum Gasteiger partial charge on any atom is 0.416 e. The second kappa shape index (κ2) is 10.6. The van der Waals surface area contributed by atoms with Crippen molar-refractivity contribution in [2.75, 3.05) is 39.3 Å². The number of amides is 1. The molecule has 0 bridgehead atoms. The first-order valence-corrected chi connectivity index (χ1v) is 9.43. The minimum Gasteiger partial charge on any atom is -0.352 e. The number of rotatable bonds is 6. The van der Waals surface area contributed by atoms with Crippen molar-refractivity contribution in [3.8, 4) is 11.1 Å². The van der Waals surface area contributed by atoms with Gasteiger partial charge in [-0.25, -0.2) is 0 Å². The Balaban J connectivity index is 0.00000300. The Hall–Kier alpha value is -2.09. The summed E-state index contributed by atoms with van der Waals surface area (Å²) >= 11 is 0. The normalized spacial score (nSPS) is 14.9. The smallest absolute Gasteiger partial charge is 0.352 e. The fourth-order valence-corrected chi connectivity index (χ4v) is 3.31. The quantitative estimate of drug-likeness (QED) is 0.689. The third kappa shape index (κ3) is 6.45. The molecular formula is C21H25ClF3N3O. The van der Waals surface area contributed by atoms with E-state index in [4.69, 9.17) is 0 Å². The maximum atomic E-state index is 12.8. The molecule has 0 aromatic heterocycles. The highest BCUT2D eigenvalue weighted by atomic mass is 35.5. The third-order valence-corrected chi connectivity index (χ3v) is 4.84. The van der Waals surface area contributed by atoms with E-state index < -0.39 is 11.7 Å². The number of benzene rings is 2. The van der Waals surface area contributed by atoms with Crippen molar-refractivity contribution < 1.29 is 18.0 Å². The van der Waals surface area contributed by atoms with Crippen molar-refractivity contribution in [3.63, 3.8) is 0 Å². The number of carbonyl (C=O) groups is 1. The molecule has 29 heavy (non-hydrogen) atoms. The second-order valence-corrected chi connectivity index (χ2v) is 6.82. The molecule has 0 saturated carbocycles. The van der Waals surface area contributed by atoms with Crippen LogP contribution in [0, 0.1) is 0 Å². The van der Waals surface area contributed by atoms with Crippen molar-refractivity contribution in [1.29, 1.82) is 0 Å². The van der Waals surface area contributed by atoms with Gasteiger partial charge in [0, 0.05) is 38.3 Å². The van der Waals surface area contributed by atoms with Gasteiger partial charge in [-0.15, -0.1) is 12.4 Å². The molecule has 0 spiro atoms. The molecule has 0 unspecified atom stereocenters. The lowest BCUT2D eigenvalue weighted by atomic mass is 9.98. The average Bonchev–Trinajstić information content (AvgIpc) is 2.71. The number of nitrogens with zero attached hydrogens (tertiary/aromatic N) is 1. The summed E-state index contributed by atoms with van der Waals surface area (Å²) in [6.45, 7) is 5.52. The standard InChI is InChI=1S/C21H24F3N3O.ClH/c22-21(23,24)17-8-6-16(7-9-17)18-4-1-2-5-19(18)20(28)26-10-3-13-27-14-11-25-12-15-27;/h1-2,4-9,25H,3,10-15H2,(H,26,28);1H. The first-order valence-electron chi connectivity index (χ1n) is 9.43. The molecule has 2 aromatic rings. The molecule has 1 aliphatic rings. The Morgan fingerprint density at radius 3 is 2.34 bits per heavy atom. The van der Waals surface area contributed by atoms with Crippen LogP contribution in [0.15, 0.2) is 48.5 Å². The van der Waals surface area contributed by atoms with Crippen molar-refractivity contribution >= 4 is 18.3 Å². The number of hydrogen-bond donors (Lipinski definition) is 2. The Morgan fingerprint density at radius 1 is 1.03 bits per heavy atom. The van der Waals surface area contributed by atoms with Crippen LogP contribution in [0.5, 0.6) is 0 Å². The Kier molecular flexibility index (Phi) is 8.49. The lowest BCUT2D eigenvalue weighted by Gasteiger charge is -2.27.